The van der Waals surface area contributed by atoms with Crippen molar-refractivity contribution in [3.8, 4) is 11.4 Å². The zero-order valence-electron chi connectivity index (χ0n) is 19.3. The molecule has 178 valence electrons. The highest BCUT2D eigenvalue weighted by Gasteiger charge is 2.31. The van der Waals surface area contributed by atoms with Gasteiger partial charge < -0.3 is 29.5 Å². The number of hydrogen-bond donors (Lipinski definition) is 3. The summed E-state index contributed by atoms with van der Waals surface area (Å²) in [5.74, 6) is 1.78. The summed E-state index contributed by atoms with van der Waals surface area (Å²) < 4.78 is 7.70. The summed E-state index contributed by atoms with van der Waals surface area (Å²) in [6.45, 7) is 9.11. The minimum absolute atomic E-state index is 0.217. The van der Waals surface area contributed by atoms with Crippen LogP contribution in [0.2, 0.25) is 0 Å². The van der Waals surface area contributed by atoms with Gasteiger partial charge in [-0.2, -0.15) is 0 Å². The Morgan fingerprint density at radius 2 is 1.97 bits per heavy atom. The number of ether oxygens (including phenoxy) is 1. The maximum Gasteiger partial charge on any atom is 0.162 e. The van der Waals surface area contributed by atoms with Gasteiger partial charge in [-0.15, -0.1) is 11.3 Å². The highest BCUT2D eigenvalue weighted by Crippen LogP contribution is 2.37. The summed E-state index contributed by atoms with van der Waals surface area (Å²) >= 11 is 1.81. The lowest BCUT2D eigenvalue weighted by molar-refractivity contribution is -0.942. The molecule has 0 aliphatic carbocycles. The number of quaternary nitrogens is 1. The van der Waals surface area contributed by atoms with E-state index in [9.17, 15) is 5.11 Å². The molecule has 0 saturated carbocycles. The molecule has 8 nitrogen and oxygen atoms in total. The summed E-state index contributed by atoms with van der Waals surface area (Å²) in [5.41, 5.74) is 3.15. The monoisotopic (exact) mass is 479 g/mol. The second-order valence-corrected chi connectivity index (χ2v) is 10.4. The first-order chi connectivity index (χ1) is 16.7. The van der Waals surface area contributed by atoms with Gasteiger partial charge in [0.15, 0.2) is 11.6 Å². The largest absolute Gasteiger partial charge is 0.391 e. The minimum atomic E-state index is 0.217. The molecule has 9 heteroatoms. The fourth-order valence-electron chi connectivity index (χ4n) is 5.31. The van der Waals surface area contributed by atoms with E-state index in [-0.39, 0.29) is 6.61 Å². The number of aromatic nitrogens is 3. The molecule has 2 aliphatic heterocycles. The van der Waals surface area contributed by atoms with E-state index in [1.165, 1.54) is 4.88 Å². The number of aliphatic hydroxyl groups excluding tert-OH is 1. The fraction of sp³-hybridized carbons (Fsp3) is 0.440. The average Bonchev–Trinajstić information content (AvgIpc) is 3.51. The molecule has 0 unspecified atom stereocenters. The summed E-state index contributed by atoms with van der Waals surface area (Å²) in [7, 11) is 0. The highest BCUT2D eigenvalue weighted by molar-refractivity contribution is 7.19. The van der Waals surface area contributed by atoms with Gasteiger partial charge in [0.2, 0.25) is 0 Å². The van der Waals surface area contributed by atoms with E-state index >= 15 is 0 Å². The molecule has 0 radical (unpaired) electrons. The number of nitrogens with zero attached hydrogens (tertiary/aromatic N) is 4. The standard InChI is InChI=1S/C25H31N6O2S/c32-13-12-31(10-6-26-7-11-31)17-18-16-22-23(34-18)25(30-8-14-33-15-9-30)29-24(28-22)20-2-1-3-21-19(20)4-5-27-21/h1-5,16,26-27,32H,6-15,17H2/q+1. The van der Waals surface area contributed by atoms with Gasteiger partial charge in [0.05, 0.1) is 48.0 Å². The minimum Gasteiger partial charge on any atom is -0.391 e. The molecule has 2 aliphatic rings. The Kier molecular flexibility index (Phi) is 5.96. The third-order valence-electron chi connectivity index (χ3n) is 7.14. The molecule has 2 saturated heterocycles. The second kappa shape index (κ2) is 9.24. The fourth-order valence-corrected chi connectivity index (χ4v) is 6.55. The zero-order chi connectivity index (χ0) is 23.0. The van der Waals surface area contributed by atoms with Gasteiger partial charge in [-0.3, -0.25) is 0 Å². The molecule has 3 N–H and O–H groups in total. The van der Waals surface area contributed by atoms with Crippen molar-refractivity contribution < 1.29 is 14.3 Å². The van der Waals surface area contributed by atoms with Crippen molar-refractivity contribution in [2.24, 2.45) is 0 Å². The van der Waals surface area contributed by atoms with Crippen LogP contribution in [0.3, 0.4) is 0 Å². The van der Waals surface area contributed by atoms with Crippen molar-refractivity contribution in [1.29, 1.82) is 0 Å². The van der Waals surface area contributed by atoms with Gasteiger partial charge in [-0.05, 0) is 18.2 Å². The summed E-state index contributed by atoms with van der Waals surface area (Å²) in [4.78, 5) is 17.2. The Bertz CT molecular complexity index is 1280. The predicted octanol–water partition coefficient (Wildman–Crippen LogP) is 2.59. The highest BCUT2D eigenvalue weighted by atomic mass is 32.1. The molecular formula is C25H31N6O2S+. The molecule has 2 fully saturated rings. The number of benzene rings is 1. The van der Waals surface area contributed by atoms with Crippen LogP contribution in [0.4, 0.5) is 5.82 Å². The Morgan fingerprint density at radius 3 is 2.79 bits per heavy atom. The van der Waals surface area contributed by atoms with Crippen LogP contribution in [0, 0.1) is 0 Å². The second-order valence-electron chi connectivity index (χ2n) is 9.29. The predicted molar refractivity (Wildman–Crippen MR) is 136 cm³/mol. The van der Waals surface area contributed by atoms with Crippen LogP contribution >= 0.6 is 11.3 Å². The number of rotatable bonds is 6. The summed E-state index contributed by atoms with van der Waals surface area (Å²) in [6.07, 6.45) is 1.97. The molecular weight excluding hydrogens is 448 g/mol. The molecule has 6 rings (SSSR count). The smallest absolute Gasteiger partial charge is 0.162 e. The van der Waals surface area contributed by atoms with Crippen molar-refractivity contribution >= 4 is 38.3 Å². The van der Waals surface area contributed by atoms with Gasteiger partial charge in [0, 0.05) is 48.8 Å². The maximum absolute atomic E-state index is 9.77. The normalized spacial score (nSPS) is 18.7. The Balaban J connectivity index is 1.46. The van der Waals surface area contributed by atoms with Crippen molar-refractivity contribution in [1.82, 2.24) is 20.3 Å². The molecule has 4 aromatic rings. The quantitative estimate of drug-likeness (QED) is 0.369. The summed E-state index contributed by atoms with van der Waals surface area (Å²) in [6, 6.07) is 10.6. The Labute approximate surface area is 202 Å². The lowest BCUT2D eigenvalue weighted by Crippen LogP contribution is -2.58. The average molecular weight is 480 g/mol. The van der Waals surface area contributed by atoms with Crippen molar-refractivity contribution in [3.63, 3.8) is 0 Å². The van der Waals surface area contributed by atoms with Crippen molar-refractivity contribution in [2.45, 2.75) is 6.54 Å². The van der Waals surface area contributed by atoms with E-state index in [1.807, 2.05) is 17.5 Å². The molecule has 0 bridgehead atoms. The number of morpholine rings is 1. The van der Waals surface area contributed by atoms with Crippen LogP contribution in [0.5, 0.6) is 0 Å². The number of hydrogen-bond acceptors (Lipinski definition) is 7. The Morgan fingerprint density at radius 1 is 1.12 bits per heavy atom. The van der Waals surface area contributed by atoms with E-state index in [4.69, 9.17) is 14.7 Å². The number of anilines is 1. The molecule has 0 amide bonds. The van der Waals surface area contributed by atoms with Crippen LogP contribution < -0.4 is 10.2 Å². The van der Waals surface area contributed by atoms with Gasteiger partial charge in [-0.25, -0.2) is 9.97 Å². The molecule has 5 heterocycles. The van der Waals surface area contributed by atoms with E-state index in [1.54, 1.807) is 0 Å². The number of nitrogens with one attached hydrogen (secondary N) is 2. The third kappa shape index (κ3) is 4.08. The SMILES string of the molecule is OCC[N+]1(Cc2cc3nc(-c4cccc5[nH]ccc45)nc(N4CCOCC4)c3s2)CCNCC1. The first-order valence-corrected chi connectivity index (χ1v) is 12.9. The third-order valence-corrected chi connectivity index (χ3v) is 8.25. The van der Waals surface area contributed by atoms with Crippen LogP contribution in [-0.2, 0) is 11.3 Å². The van der Waals surface area contributed by atoms with E-state index in [2.05, 4.69) is 45.5 Å². The van der Waals surface area contributed by atoms with Crippen molar-refractivity contribution in [2.75, 3.05) is 70.5 Å². The number of fused-ring (bicyclic) bond motifs is 2. The number of piperazine rings is 1. The van der Waals surface area contributed by atoms with Crippen LogP contribution in [0.1, 0.15) is 4.88 Å². The van der Waals surface area contributed by atoms with E-state index < -0.39 is 0 Å². The zero-order valence-corrected chi connectivity index (χ0v) is 20.1. The molecule has 0 spiro atoms. The molecule has 3 aromatic heterocycles. The van der Waals surface area contributed by atoms with Gasteiger partial charge >= 0.3 is 0 Å². The van der Waals surface area contributed by atoms with Gasteiger partial charge in [-0.1, -0.05) is 12.1 Å². The summed E-state index contributed by atoms with van der Waals surface area (Å²) in [5, 5.41) is 14.4. The molecule has 34 heavy (non-hydrogen) atoms. The lowest BCUT2D eigenvalue weighted by atomic mass is 10.1. The van der Waals surface area contributed by atoms with E-state index in [0.29, 0.717) is 0 Å². The maximum atomic E-state index is 9.77. The lowest BCUT2D eigenvalue weighted by Gasteiger charge is -2.41. The number of aliphatic hydroxyl groups is 1. The van der Waals surface area contributed by atoms with Gasteiger partial charge in [0.25, 0.3) is 0 Å². The first-order valence-electron chi connectivity index (χ1n) is 12.1. The first kappa shape index (κ1) is 21.9. The molecule has 0 atom stereocenters. The number of aromatic amines is 1. The number of thiophene rings is 1. The number of H-pyrrole nitrogens is 1. The molecule has 1 aromatic carbocycles. The van der Waals surface area contributed by atoms with Crippen LogP contribution in [-0.4, -0.2) is 90.2 Å². The van der Waals surface area contributed by atoms with Crippen molar-refractivity contribution in [3.05, 3.63) is 41.4 Å². The van der Waals surface area contributed by atoms with E-state index in [0.717, 1.165) is 108 Å². The topological polar surface area (TPSA) is 86.3 Å². The van der Waals surface area contributed by atoms with Crippen LogP contribution in [0.25, 0.3) is 32.5 Å². The Hall–Kier alpha value is -2.56. The van der Waals surface area contributed by atoms with Gasteiger partial charge in [0.1, 0.15) is 13.1 Å². The van der Waals surface area contributed by atoms with Crippen LogP contribution in [0.15, 0.2) is 36.5 Å².